The van der Waals surface area contributed by atoms with E-state index in [1.807, 2.05) is 0 Å². The van der Waals surface area contributed by atoms with Crippen molar-refractivity contribution < 1.29 is 0 Å². The van der Waals surface area contributed by atoms with Gasteiger partial charge < -0.3 is 5.32 Å². The number of nitrogens with one attached hydrogen (secondary N) is 1. The zero-order valence-electron chi connectivity index (χ0n) is 13.2. The molecule has 0 spiro atoms. The second-order valence-electron chi connectivity index (χ2n) is 5.55. The first-order valence-corrected chi connectivity index (χ1v) is 8.43. The van der Waals surface area contributed by atoms with Crippen molar-refractivity contribution in [3.8, 4) is 11.3 Å². The molecule has 0 atom stereocenters. The van der Waals surface area contributed by atoms with Crippen LogP contribution in [0.15, 0.2) is 47.8 Å². The number of hydrogen-bond acceptors (Lipinski definition) is 3. The number of aromatic nitrogens is 1. The van der Waals surface area contributed by atoms with Gasteiger partial charge in [0.25, 0.3) is 0 Å². The van der Waals surface area contributed by atoms with Crippen molar-refractivity contribution in [1.29, 1.82) is 0 Å². The Hall–Kier alpha value is -2.13. The van der Waals surface area contributed by atoms with Crippen molar-refractivity contribution >= 4 is 22.2 Å². The number of aryl methyl sites for hydroxylation is 3. The fourth-order valence-corrected chi connectivity index (χ4v) is 3.38. The highest BCUT2D eigenvalue weighted by molar-refractivity contribution is 7.14. The monoisotopic (exact) mass is 308 g/mol. The molecule has 0 radical (unpaired) electrons. The van der Waals surface area contributed by atoms with Gasteiger partial charge in [0.1, 0.15) is 0 Å². The van der Waals surface area contributed by atoms with Crippen LogP contribution in [0.4, 0.5) is 10.8 Å². The summed E-state index contributed by atoms with van der Waals surface area (Å²) in [7, 11) is 0. The molecule has 0 aliphatic carbocycles. The third-order valence-corrected chi connectivity index (χ3v) is 4.42. The summed E-state index contributed by atoms with van der Waals surface area (Å²) >= 11 is 1.65. The van der Waals surface area contributed by atoms with Gasteiger partial charge in [-0.15, -0.1) is 11.3 Å². The highest BCUT2D eigenvalue weighted by Gasteiger charge is 2.07. The maximum Gasteiger partial charge on any atom is 0.187 e. The first-order chi connectivity index (χ1) is 10.7. The number of nitrogens with zero attached hydrogens (tertiary/aromatic N) is 1. The minimum absolute atomic E-state index is 0.940. The van der Waals surface area contributed by atoms with Gasteiger partial charge >= 0.3 is 0 Å². The van der Waals surface area contributed by atoms with Crippen LogP contribution in [0.1, 0.15) is 23.6 Å². The predicted octanol–water partition coefficient (Wildman–Crippen LogP) is 5.73. The Balaban J connectivity index is 1.87. The lowest BCUT2D eigenvalue weighted by Crippen LogP contribution is -1.94. The van der Waals surface area contributed by atoms with Gasteiger partial charge in [0.15, 0.2) is 5.13 Å². The number of para-hydroxylation sites is 1. The number of thiazole rings is 1. The van der Waals surface area contributed by atoms with Gasteiger partial charge in [0, 0.05) is 16.6 Å². The van der Waals surface area contributed by atoms with Crippen LogP contribution in [0.3, 0.4) is 0 Å². The van der Waals surface area contributed by atoms with Crippen molar-refractivity contribution in [2.75, 3.05) is 5.32 Å². The van der Waals surface area contributed by atoms with E-state index in [9.17, 15) is 0 Å². The van der Waals surface area contributed by atoms with E-state index in [2.05, 4.69) is 73.9 Å². The SMILES string of the molecule is CCc1ccccc1Nc1nc(-c2cc(C)cc(C)c2)cs1. The lowest BCUT2D eigenvalue weighted by molar-refractivity contribution is 1.14. The van der Waals surface area contributed by atoms with Gasteiger partial charge in [0.05, 0.1) is 5.69 Å². The molecule has 2 aromatic carbocycles. The van der Waals surface area contributed by atoms with E-state index in [-0.39, 0.29) is 0 Å². The lowest BCUT2D eigenvalue weighted by atomic mass is 10.1. The van der Waals surface area contributed by atoms with Gasteiger partial charge in [-0.3, -0.25) is 0 Å². The molecular weight excluding hydrogens is 288 g/mol. The molecule has 2 nitrogen and oxygen atoms in total. The standard InChI is InChI=1S/C19H20N2S/c1-4-15-7-5-6-8-17(15)20-19-21-18(12-22-19)16-10-13(2)9-14(3)11-16/h5-12H,4H2,1-3H3,(H,20,21). The molecule has 1 aromatic heterocycles. The van der Waals surface area contributed by atoms with Crippen LogP contribution in [0, 0.1) is 13.8 Å². The molecule has 3 heteroatoms. The van der Waals surface area contributed by atoms with Crippen LogP contribution in [-0.2, 0) is 6.42 Å². The van der Waals surface area contributed by atoms with Crippen LogP contribution in [0.2, 0.25) is 0 Å². The highest BCUT2D eigenvalue weighted by atomic mass is 32.1. The van der Waals surface area contributed by atoms with Gasteiger partial charge in [-0.2, -0.15) is 0 Å². The van der Waals surface area contributed by atoms with Crippen molar-refractivity contribution in [3.63, 3.8) is 0 Å². The van der Waals surface area contributed by atoms with Crippen molar-refractivity contribution in [3.05, 3.63) is 64.5 Å². The second-order valence-corrected chi connectivity index (χ2v) is 6.41. The molecular formula is C19H20N2S. The van der Waals surface area contributed by atoms with Crippen molar-refractivity contribution in [1.82, 2.24) is 4.98 Å². The Labute approximate surface area is 135 Å². The molecule has 3 rings (SSSR count). The Kier molecular flexibility index (Phi) is 4.25. The number of rotatable bonds is 4. The molecule has 0 fully saturated rings. The Bertz CT molecular complexity index is 769. The van der Waals surface area contributed by atoms with Gasteiger partial charge in [-0.05, 0) is 44.0 Å². The number of hydrogen-bond donors (Lipinski definition) is 1. The van der Waals surface area contributed by atoms with E-state index in [1.165, 1.54) is 22.3 Å². The summed E-state index contributed by atoms with van der Waals surface area (Å²) in [6, 6.07) is 15.0. The average molecular weight is 308 g/mol. The minimum Gasteiger partial charge on any atom is -0.331 e. The minimum atomic E-state index is 0.940. The number of benzene rings is 2. The molecule has 1 N–H and O–H groups in total. The first kappa shape index (κ1) is 14.8. The Morgan fingerprint density at radius 3 is 2.50 bits per heavy atom. The summed E-state index contributed by atoms with van der Waals surface area (Å²) in [4.78, 5) is 4.74. The molecule has 112 valence electrons. The molecule has 1 heterocycles. The molecule has 3 aromatic rings. The highest BCUT2D eigenvalue weighted by Crippen LogP contribution is 2.29. The largest absolute Gasteiger partial charge is 0.331 e. The predicted molar refractivity (Wildman–Crippen MR) is 96.1 cm³/mol. The van der Waals surface area contributed by atoms with Crippen LogP contribution in [0.25, 0.3) is 11.3 Å². The quantitative estimate of drug-likeness (QED) is 0.665. The van der Waals surface area contributed by atoms with E-state index in [0.717, 1.165) is 22.9 Å². The van der Waals surface area contributed by atoms with Gasteiger partial charge in [0.2, 0.25) is 0 Å². The molecule has 0 saturated heterocycles. The van der Waals surface area contributed by atoms with E-state index < -0.39 is 0 Å². The average Bonchev–Trinajstić information content (AvgIpc) is 2.95. The van der Waals surface area contributed by atoms with E-state index in [0.29, 0.717) is 0 Å². The number of anilines is 2. The second kappa shape index (κ2) is 6.32. The van der Waals surface area contributed by atoms with Crippen molar-refractivity contribution in [2.24, 2.45) is 0 Å². The third kappa shape index (κ3) is 3.20. The molecule has 0 aliphatic heterocycles. The van der Waals surface area contributed by atoms with Crippen LogP contribution >= 0.6 is 11.3 Å². The summed E-state index contributed by atoms with van der Waals surface area (Å²) in [5.74, 6) is 0. The fraction of sp³-hybridized carbons (Fsp3) is 0.211. The fourth-order valence-electron chi connectivity index (χ4n) is 2.65. The van der Waals surface area contributed by atoms with E-state index in [1.54, 1.807) is 11.3 Å². The normalized spacial score (nSPS) is 10.7. The summed E-state index contributed by atoms with van der Waals surface area (Å²) in [6.07, 6.45) is 1.01. The summed E-state index contributed by atoms with van der Waals surface area (Å²) < 4.78 is 0. The maximum absolute atomic E-state index is 4.74. The summed E-state index contributed by atoms with van der Waals surface area (Å²) in [5, 5.41) is 6.51. The van der Waals surface area contributed by atoms with Crippen LogP contribution in [0.5, 0.6) is 0 Å². The molecule has 22 heavy (non-hydrogen) atoms. The Morgan fingerprint density at radius 1 is 1.05 bits per heavy atom. The lowest BCUT2D eigenvalue weighted by Gasteiger charge is -2.07. The molecule has 0 bridgehead atoms. The third-order valence-electron chi connectivity index (χ3n) is 3.66. The topological polar surface area (TPSA) is 24.9 Å². The molecule has 0 aliphatic rings. The van der Waals surface area contributed by atoms with Crippen LogP contribution < -0.4 is 5.32 Å². The van der Waals surface area contributed by atoms with Crippen LogP contribution in [-0.4, -0.2) is 4.98 Å². The van der Waals surface area contributed by atoms with Gasteiger partial charge in [-0.25, -0.2) is 4.98 Å². The zero-order valence-corrected chi connectivity index (χ0v) is 14.0. The molecule has 0 amide bonds. The Morgan fingerprint density at radius 2 is 1.77 bits per heavy atom. The van der Waals surface area contributed by atoms with E-state index in [4.69, 9.17) is 4.98 Å². The summed E-state index contributed by atoms with van der Waals surface area (Å²) in [6.45, 7) is 6.42. The van der Waals surface area contributed by atoms with Crippen molar-refractivity contribution in [2.45, 2.75) is 27.2 Å². The zero-order chi connectivity index (χ0) is 15.5. The van der Waals surface area contributed by atoms with E-state index >= 15 is 0 Å². The smallest absolute Gasteiger partial charge is 0.187 e. The first-order valence-electron chi connectivity index (χ1n) is 7.55. The molecule has 0 saturated carbocycles. The summed E-state index contributed by atoms with van der Waals surface area (Å²) in [5.41, 5.74) is 7.22. The molecule has 0 unspecified atom stereocenters. The van der Waals surface area contributed by atoms with Gasteiger partial charge in [-0.1, -0.05) is 42.3 Å². The maximum atomic E-state index is 4.74.